The first-order valence-electron chi connectivity index (χ1n) is 7.17. The first-order valence-corrected chi connectivity index (χ1v) is 7.17. The van der Waals surface area contributed by atoms with Gasteiger partial charge >= 0.3 is 11.8 Å². The lowest BCUT2D eigenvalue weighted by Gasteiger charge is -2.04. The van der Waals surface area contributed by atoms with Crippen LogP contribution >= 0.6 is 0 Å². The molecule has 0 spiro atoms. The molecule has 3 rings (SSSR count). The van der Waals surface area contributed by atoms with Crippen molar-refractivity contribution in [3.63, 3.8) is 0 Å². The fraction of sp³-hybridized carbons (Fsp3) is 0.118. The van der Waals surface area contributed by atoms with Gasteiger partial charge in [0, 0.05) is 6.54 Å². The van der Waals surface area contributed by atoms with Gasteiger partial charge in [-0.25, -0.2) is 4.39 Å². The highest BCUT2D eigenvalue weighted by atomic mass is 19.1. The average molecular weight is 327 g/mol. The first-order chi connectivity index (χ1) is 11.7. The van der Waals surface area contributed by atoms with E-state index in [1.165, 1.54) is 12.1 Å². The predicted octanol–water partition coefficient (Wildman–Crippen LogP) is 2.81. The van der Waals surface area contributed by atoms with Crippen molar-refractivity contribution in [2.75, 3.05) is 7.11 Å². The number of rotatable bonds is 5. The van der Waals surface area contributed by atoms with Crippen LogP contribution in [0.3, 0.4) is 0 Å². The average Bonchev–Trinajstić information content (AvgIpc) is 3.10. The monoisotopic (exact) mass is 327 g/mol. The van der Waals surface area contributed by atoms with Gasteiger partial charge in [-0.3, -0.25) is 4.79 Å². The molecule has 0 bridgehead atoms. The smallest absolute Gasteiger partial charge is 0.309 e. The molecule has 7 heteroatoms. The van der Waals surface area contributed by atoms with E-state index in [2.05, 4.69) is 15.5 Å². The van der Waals surface area contributed by atoms with E-state index in [0.717, 1.165) is 11.3 Å². The lowest BCUT2D eigenvalue weighted by molar-refractivity contribution is 0.0917. The van der Waals surface area contributed by atoms with E-state index >= 15 is 0 Å². The van der Waals surface area contributed by atoms with Crippen LogP contribution in [0.4, 0.5) is 4.39 Å². The molecular weight excluding hydrogens is 313 g/mol. The van der Waals surface area contributed by atoms with E-state index in [1.54, 1.807) is 31.4 Å². The lowest BCUT2D eigenvalue weighted by Crippen LogP contribution is -2.23. The quantitative estimate of drug-likeness (QED) is 0.780. The minimum Gasteiger partial charge on any atom is -0.497 e. The number of carbonyl (C=O) groups excluding carboxylic acids is 1. The zero-order chi connectivity index (χ0) is 16.9. The topological polar surface area (TPSA) is 77.2 Å². The molecule has 1 N–H and O–H groups in total. The molecule has 24 heavy (non-hydrogen) atoms. The molecule has 0 aliphatic rings. The summed E-state index contributed by atoms with van der Waals surface area (Å²) in [6, 6.07) is 13.2. The van der Waals surface area contributed by atoms with Crippen LogP contribution in [0.1, 0.15) is 16.2 Å². The Bertz CT molecular complexity index is 846. The number of ether oxygens (including phenoxy) is 1. The van der Waals surface area contributed by atoms with Crippen LogP contribution in [0, 0.1) is 5.82 Å². The predicted molar refractivity (Wildman–Crippen MR) is 83.9 cm³/mol. The van der Waals surface area contributed by atoms with Gasteiger partial charge in [-0.05, 0) is 29.8 Å². The number of hydrogen-bond donors (Lipinski definition) is 1. The molecule has 122 valence electrons. The number of hydrogen-bond acceptors (Lipinski definition) is 5. The molecule has 1 amide bonds. The number of halogens is 1. The molecule has 6 nitrogen and oxygen atoms in total. The fourth-order valence-corrected chi connectivity index (χ4v) is 2.06. The van der Waals surface area contributed by atoms with E-state index in [1.807, 2.05) is 12.1 Å². The third-order valence-corrected chi connectivity index (χ3v) is 3.34. The van der Waals surface area contributed by atoms with Gasteiger partial charge in [0.25, 0.3) is 5.89 Å². The van der Waals surface area contributed by atoms with Gasteiger partial charge in [-0.15, -0.1) is 10.2 Å². The first kappa shape index (κ1) is 15.7. The zero-order valence-electron chi connectivity index (χ0n) is 12.8. The van der Waals surface area contributed by atoms with Crippen molar-refractivity contribution in [2.24, 2.45) is 0 Å². The lowest BCUT2D eigenvalue weighted by atomic mass is 10.2. The summed E-state index contributed by atoms with van der Waals surface area (Å²) in [4.78, 5) is 12.0. The Hall–Kier alpha value is -3.22. The largest absolute Gasteiger partial charge is 0.497 e. The molecule has 0 aliphatic carbocycles. The fourth-order valence-electron chi connectivity index (χ4n) is 2.06. The second-order valence-electron chi connectivity index (χ2n) is 4.92. The van der Waals surface area contributed by atoms with Gasteiger partial charge in [-0.2, -0.15) is 0 Å². The molecule has 0 aliphatic heterocycles. The third-order valence-electron chi connectivity index (χ3n) is 3.34. The maximum absolute atomic E-state index is 13.7. The second-order valence-corrected chi connectivity index (χ2v) is 4.92. The molecule has 1 aromatic heterocycles. The summed E-state index contributed by atoms with van der Waals surface area (Å²) in [6.45, 7) is 0.292. The van der Waals surface area contributed by atoms with Crippen LogP contribution in [0.5, 0.6) is 5.75 Å². The number of aromatic nitrogens is 2. The standard InChI is InChI=1S/C17H14FN3O3/c1-23-12-8-6-11(7-9-12)10-19-15(22)17-21-20-16(24-17)13-4-2-3-5-14(13)18/h2-9H,10H2,1H3,(H,19,22). The molecule has 0 fully saturated rings. The van der Waals surface area contributed by atoms with Crippen LogP contribution in [0.15, 0.2) is 52.9 Å². The maximum Gasteiger partial charge on any atom is 0.309 e. The Morgan fingerprint density at radius 1 is 1.17 bits per heavy atom. The molecular formula is C17H14FN3O3. The summed E-state index contributed by atoms with van der Waals surface area (Å²) in [5.74, 6) is -0.548. The van der Waals surface area contributed by atoms with E-state index in [9.17, 15) is 9.18 Å². The Balaban J connectivity index is 1.66. The van der Waals surface area contributed by atoms with E-state index in [0.29, 0.717) is 6.54 Å². The zero-order valence-corrected chi connectivity index (χ0v) is 12.8. The van der Waals surface area contributed by atoms with Gasteiger partial charge in [0.2, 0.25) is 0 Å². The van der Waals surface area contributed by atoms with Crippen molar-refractivity contribution in [1.82, 2.24) is 15.5 Å². The summed E-state index contributed by atoms with van der Waals surface area (Å²) in [7, 11) is 1.58. The Morgan fingerprint density at radius 2 is 1.92 bits per heavy atom. The van der Waals surface area contributed by atoms with Crippen molar-refractivity contribution < 1.29 is 18.3 Å². The summed E-state index contributed by atoms with van der Waals surface area (Å²) < 4.78 is 24.0. The van der Waals surface area contributed by atoms with Crippen molar-refractivity contribution in [1.29, 1.82) is 0 Å². The van der Waals surface area contributed by atoms with E-state index in [4.69, 9.17) is 9.15 Å². The minimum atomic E-state index is -0.527. The number of carbonyl (C=O) groups is 1. The molecule has 2 aromatic carbocycles. The van der Waals surface area contributed by atoms with Gasteiger partial charge in [0.05, 0.1) is 12.7 Å². The summed E-state index contributed by atoms with van der Waals surface area (Å²) >= 11 is 0. The van der Waals surface area contributed by atoms with Gasteiger partial charge in [0.15, 0.2) is 0 Å². The van der Waals surface area contributed by atoms with Crippen molar-refractivity contribution in [3.05, 3.63) is 65.8 Å². The summed E-state index contributed by atoms with van der Waals surface area (Å²) in [6.07, 6.45) is 0. The molecule has 3 aromatic rings. The third kappa shape index (κ3) is 3.40. The highest BCUT2D eigenvalue weighted by molar-refractivity contribution is 5.89. The number of nitrogens with one attached hydrogen (secondary N) is 1. The van der Waals surface area contributed by atoms with Crippen LogP contribution in [0.2, 0.25) is 0 Å². The van der Waals surface area contributed by atoms with Crippen molar-refractivity contribution in [2.45, 2.75) is 6.54 Å². The molecule has 0 atom stereocenters. The number of nitrogens with zero attached hydrogens (tertiary/aromatic N) is 2. The molecule has 0 saturated heterocycles. The SMILES string of the molecule is COc1ccc(CNC(=O)c2nnc(-c3ccccc3F)o2)cc1. The summed E-state index contributed by atoms with van der Waals surface area (Å²) in [5.41, 5.74) is 1.04. The highest BCUT2D eigenvalue weighted by Crippen LogP contribution is 2.20. The normalized spacial score (nSPS) is 10.4. The van der Waals surface area contributed by atoms with Gasteiger partial charge < -0.3 is 14.5 Å². The molecule has 0 saturated carbocycles. The van der Waals surface area contributed by atoms with Crippen LogP contribution in [-0.2, 0) is 6.54 Å². The molecule has 0 unspecified atom stereocenters. The Kier molecular flexibility index (Phi) is 4.51. The van der Waals surface area contributed by atoms with E-state index < -0.39 is 11.7 Å². The number of benzene rings is 2. The summed E-state index contributed by atoms with van der Waals surface area (Å²) in [5, 5.41) is 10.0. The highest BCUT2D eigenvalue weighted by Gasteiger charge is 2.17. The molecule has 0 radical (unpaired) electrons. The van der Waals surface area contributed by atoms with Gasteiger partial charge in [0.1, 0.15) is 11.6 Å². The van der Waals surface area contributed by atoms with Crippen molar-refractivity contribution >= 4 is 5.91 Å². The van der Waals surface area contributed by atoms with Crippen molar-refractivity contribution in [3.8, 4) is 17.2 Å². The van der Waals surface area contributed by atoms with Crippen LogP contribution in [-0.4, -0.2) is 23.2 Å². The van der Waals surface area contributed by atoms with E-state index in [-0.39, 0.29) is 17.3 Å². The van der Waals surface area contributed by atoms with Gasteiger partial charge in [-0.1, -0.05) is 24.3 Å². The Morgan fingerprint density at radius 3 is 2.62 bits per heavy atom. The molecule has 1 heterocycles. The van der Waals surface area contributed by atoms with Crippen LogP contribution < -0.4 is 10.1 Å². The maximum atomic E-state index is 13.7. The number of amides is 1. The minimum absolute atomic E-state index is 0.0392. The van der Waals surface area contributed by atoms with Crippen LogP contribution in [0.25, 0.3) is 11.5 Å². The second kappa shape index (κ2) is 6.91. The number of methoxy groups -OCH3 is 1. The Labute approximate surface area is 137 Å².